The van der Waals surface area contributed by atoms with Gasteiger partial charge in [0.05, 0.1) is 47.7 Å². The second-order valence-corrected chi connectivity index (χ2v) is 20.0. The number of nitrogens with zero attached hydrogens (tertiary/aromatic N) is 5. The van der Waals surface area contributed by atoms with Gasteiger partial charge >= 0.3 is 29.4 Å². The van der Waals surface area contributed by atoms with E-state index in [4.69, 9.17) is 18.9 Å². The lowest BCUT2D eigenvalue weighted by atomic mass is 9.89. The Morgan fingerprint density at radius 1 is 0.972 bits per heavy atom. The number of phosphoric ester groups is 1. The third-order valence-electron chi connectivity index (χ3n) is 10.8. The number of carbonyl (C=O) groups excluding carboxylic acids is 1. The Bertz CT molecular complexity index is 3570. The van der Waals surface area contributed by atoms with Gasteiger partial charge in [-0.05, 0) is 67.1 Å². The maximum absolute atomic E-state index is 13.4. The molecule has 1 fully saturated rings. The number of phenols is 1. The lowest BCUT2D eigenvalue weighted by molar-refractivity contribution is -0.385. The summed E-state index contributed by atoms with van der Waals surface area (Å²) < 4.78 is 59.7. The van der Waals surface area contributed by atoms with Crippen LogP contribution in [0.1, 0.15) is 57.5 Å². The SMILES string of the molecule is CC(Nc1ncnc2c1ncn2[C@H]1CC(O)[C@@H](COP(=O)(O)OP(=O)(O)OP(=O)(O)O)O1)c1ccc(C#CCNC(=O)c2ccc(C(=O)O)c(-c3c4ccc(=O)cc-4oc4cc(O)ccc34)c2)cc1[N+](=O)[O-]. The monoisotopic (exact) mass is 1050 g/mol. The number of aliphatic hydroxyl groups is 1. The summed E-state index contributed by atoms with van der Waals surface area (Å²) in [4.78, 5) is 99.3. The van der Waals surface area contributed by atoms with E-state index in [-0.39, 0.29) is 86.0 Å². The normalized spacial score (nSPS) is 17.9. The first-order valence-electron chi connectivity index (χ1n) is 20.6. The molecule has 0 bridgehead atoms. The molecule has 3 aromatic carbocycles. The van der Waals surface area contributed by atoms with Crippen LogP contribution in [-0.4, -0.2) is 96.6 Å². The Kier molecular flexibility index (Phi) is 14.3. The van der Waals surface area contributed by atoms with Crippen LogP contribution in [0.25, 0.3) is 44.6 Å². The van der Waals surface area contributed by atoms with Gasteiger partial charge in [-0.2, -0.15) is 8.62 Å². The minimum Gasteiger partial charge on any atom is -0.508 e. The fourth-order valence-corrected chi connectivity index (χ4v) is 10.7. The first-order chi connectivity index (χ1) is 34.0. The Morgan fingerprint density at radius 2 is 1.75 bits per heavy atom. The first-order valence-corrected chi connectivity index (χ1v) is 25.2. The molecule has 1 saturated heterocycles. The number of fused-ring (bicyclic) bond motifs is 3. The lowest BCUT2D eigenvalue weighted by Crippen LogP contribution is -2.26. The van der Waals surface area contributed by atoms with Crippen molar-refractivity contribution < 1.29 is 85.4 Å². The number of carbonyl (C=O) groups is 2. The number of ether oxygens (including phenoxy) is 1. The smallest absolute Gasteiger partial charge is 0.490 e. The molecule has 2 aliphatic heterocycles. The molecule has 6 atom stereocenters. The summed E-state index contributed by atoms with van der Waals surface area (Å²) in [5, 5.41) is 49.3. The molecule has 3 aliphatic rings. The standard InChI is InChI=1S/C42H36N7O20P3/c1-21(47-39-38-40(45-19-44-39)48(20-46-38)36-17-32(52)35(67-36)18-65-71(61,62)69-72(63,64)68-70(58,59)60)26-8-4-22(13-31(26)49(56)57)3-2-12-43-41(53)23-5-9-27(42(54)55)30(14-23)37-28-10-6-24(50)15-33(28)66-34-16-25(51)7-11-29(34)37/h4-11,13-16,19-21,32,35-36,50,52H,12,17-18H2,1H3,(H,43,53)(H,54,55)(H,61,62)(H,63,64)(H,44,45,47)(H2,58,59,60)/t21?,32?,35-,36-/m1/s1. The summed E-state index contributed by atoms with van der Waals surface area (Å²) in [6.07, 6.45) is -1.44. The molecule has 9 N–H and O–H groups in total. The molecule has 374 valence electrons. The van der Waals surface area contributed by atoms with Gasteiger partial charge in [-0.3, -0.25) is 28.8 Å². The minimum atomic E-state index is -5.78. The number of carboxylic acids is 1. The molecule has 1 amide bonds. The van der Waals surface area contributed by atoms with E-state index in [9.17, 15) is 63.3 Å². The van der Waals surface area contributed by atoms with Gasteiger partial charge in [0.25, 0.3) is 11.6 Å². The van der Waals surface area contributed by atoms with Crippen LogP contribution in [0, 0.1) is 22.0 Å². The summed E-state index contributed by atoms with van der Waals surface area (Å²) in [6, 6.07) is 15.6. The Morgan fingerprint density at radius 3 is 2.49 bits per heavy atom. The summed E-state index contributed by atoms with van der Waals surface area (Å²) in [6.45, 7) is 0.478. The largest absolute Gasteiger partial charge is 0.508 e. The highest BCUT2D eigenvalue weighted by atomic mass is 31.3. The van der Waals surface area contributed by atoms with Gasteiger partial charge in [0, 0.05) is 52.3 Å². The number of hydrogen-bond donors (Lipinski definition) is 9. The molecule has 4 heterocycles. The Balaban J connectivity index is 0.937. The number of nitro groups is 1. The molecule has 27 nitrogen and oxygen atoms in total. The fraction of sp³-hybridized carbons (Fsp3) is 0.190. The zero-order valence-corrected chi connectivity index (χ0v) is 39.2. The highest BCUT2D eigenvalue weighted by Crippen LogP contribution is 2.66. The quantitative estimate of drug-likeness (QED) is 0.0203. The number of carboxylic acid groups (broad SMARTS) is 1. The van der Waals surface area contributed by atoms with E-state index in [1.807, 2.05) is 0 Å². The minimum absolute atomic E-state index is 0.0558. The summed E-state index contributed by atoms with van der Waals surface area (Å²) >= 11 is 0. The van der Waals surface area contributed by atoms with Crippen LogP contribution >= 0.6 is 23.5 Å². The number of hydrogen-bond acceptors (Lipinski definition) is 19. The first kappa shape index (κ1) is 51.1. The van der Waals surface area contributed by atoms with Crippen molar-refractivity contribution in [3.63, 3.8) is 0 Å². The molecule has 2 aromatic heterocycles. The summed E-state index contributed by atoms with van der Waals surface area (Å²) in [5.74, 6) is 3.72. The molecular weight excluding hydrogens is 1020 g/mol. The number of nitro benzene ring substituents is 1. The fourth-order valence-electron chi connectivity index (χ4n) is 7.70. The number of phosphoric acid groups is 3. The van der Waals surface area contributed by atoms with E-state index in [0.717, 1.165) is 6.33 Å². The van der Waals surface area contributed by atoms with Gasteiger partial charge in [-0.25, -0.2) is 33.4 Å². The number of nitrogens with one attached hydrogen (secondary N) is 2. The number of imidazole rings is 1. The van der Waals surface area contributed by atoms with Gasteiger partial charge in [-0.15, -0.1) is 0 Å². The van der Waals surface area contributed by atoms with Crippen molar-refractivity contribution in [3.05, 3.63) is 128 Å². The van der Waals surface area contributed by atoms with Gasteiger partial charge < -0.3 is 54.7 Å². The van der Waals surface area contributed by atoms with Gasteiger partial charge in [0.2, 0.25) is 0 Å². The predicted octanol–water partition coefficient (Wildman–Crippen LogP) is 4.96. The number of aliphatic hydroxyl groups excluding tert-OH is 1. The maximum Gasteiger partial charge on any atom is 0.490 e. The van der Waals surface area contributed by atoms with Crippen LogP contribution < -0.4 is 16.1 Å². The van der Waals surface area contributed by atoms with E-state index in [2.05, 4.69) is 50.6 Å². The van der Waals surface area contributed by atoms with E-state index >= 15 is 0 Å². The van der Waals surface area contributed by atoms with Gasteiger partial charge in [0.15, 0.2) is 22.4 Å². The number of aromatic carboxylic acids is 1. The predicted molar refractivity (Wildman–Crippen MR) is 247 cm³/mol. The number of anilines is 1. The second-order valence-electron chi connectivity index (χ2n) is 15.6. The molecule has 0 saturated carbocycles. The van der Waals surface area contributed by atoms with Crippen molar-refractivity contribution in [2.45, 2.75) is 37.8 Å². The lowest BCUT2D eigenvalue weighted by Gasteiger charge is -2.19. The zero-order chi connectivity index (χ0) is 51.9. The van der Waals surface area contributed by atoms with Crippen LogP contribution in [0.5, 0.6) is 5.75 Å². The number of aromatic nitrogens is 4. The van der Waals surface area contributed by atoms with Crippen LogP contribution in [0.15, 0.2) is 94.7 Å². The van der Waals surface area contributed by atoms with E-state index < -0.39 is 71.4 Å². The maximum atomic E-state index is 13.4. The number of benzene rings is 4. The number of rotatable bonds is 16. The van der Waals surface area contributed by atoms with E-state index in [1.165, 1.54) is 83.7 Å². The van der Waals surface area contributed by atoms with Crippen molar-refractivity contribution >= 4 is 69.0 Å². The number of aromatic hydroxyl groups is 1. The van der Waals surface area contributed by atoms with Crippen LogP contribution in [0.4, 0.5) is 11.5 Å². The van der Waals surface area contributed by atoms with Crippen molar-refractivity contribution in [1.29, 1.82) is 0 Å². The van der Waals surface area contributed by atoms with E-state index in [0.29, 0.717) is 16.5 Å². The summed E-state index contributed by atoms with van der Waals surface area (Å²) in [5.41, 5.74) is 0.961. The molecule has 0 spiro atoms. The van der Waals surface area contributed by atoms with Crippen LogP contribution in [0.3, 0.4) is 0 Å². The average molecular weight is 1050 g/mol. The average Bonchev–Trinajstić information content (AvgIpc) is 3.90. The molecule has 72 heavy (non-hydrogen) atoms. The Hall–Kier alpha value is -7.27. The van der Waals surface area contributed by atoms with E-state index in [1.54, 1.807) is 6.92 Å². The van der Waals surface area contributed by atoms with Crippen molar-refractivity contribution in [2.24, 2.45) is 0 Å². The van der Waals surface area contributed by atoms with Crippen LogP contribution in [0.2, 0.25) is 0 Å². The highest BCUT2D eigenvalue weighted by Gasteiger charge is 2.43. The molecule has 8 rings (SSSR count). The van der Waals surface area contributed by atoms with Crippen molar-refractivity contribution in [3.8, 4) is 40.0 Å². The third kappa shape index (κ3) is 11.4. The van der Waals surface area contributed by atoms with Gasteiger partial charge in [0.1, 0.15) is 35.8 Å². The summed E-state index contributed by atoms with van der Waals surface area (Å²) in [7, 11) is -16.9. The molecular formula is C42H36N7O20P3. The third-order valence-corrected chi connectivity index (χ3v) is 14.6. The van der Waals surface area contributed by atoms with Crippen LogP contribution in [-0.2, 0) is 31.6 Å². The number of phenolic OH excluding ortho intramolecular Hbond substituents is 1. The Labute approximate surface area is 402 Å². The molecule has 30 heteroatoms. The van der Waals surface area contributed by atoms with Crippen molar-refractivity contribution in [1.82, 2.24) is 24.8 Å². The molecule has 4 unspecified atom stereocenters. The number of amides is 1. The van der Waals surface area contributed by atoms with Crippen molar-refractivity contribution in [2.75, 3.05) is 18.5 Å². The molecule has 1 aliphatic carbocycles. The molecule has 0 radical (unpaired) electrons. The zero-order valence-electron chi connectivity index (χ0n) is 36.5. The molecule has 5 aromatic rings. The van der Waals surface area contributed by atoms with Gasteiger partial charge in [-0.1, -0.05) is 11.8 Å². The topological polar surface area (TPSA) is 405 Å². The highest BCUT2D eigenvalue weighted by molar-refractivity contribution is 7.66. The second kappa shape index (κ2) is 20.1.